The Balaban J connectivity index is 4.54. The van der Waals surface area contributed by atoms with Crippen LogP contribution in [0.15, 0.2) is 48.6 Å². The van der Waals surface area contributed by atoms with Gasteiger partial charge in [0.15, 0.2) is 6.10 Å². The average molecular weight is 907 g/mol. The maximum atomic E-state index is 12.7. The molecule has 0 aliphatic carbocycles. The van der Waals surface area contributed by atoms with Crippen LogP contribution >= 0.6 is 15.6 Å². The van der Waals surface area contributed by atoms with Gasteiger partial charge < -0.3 is 29.3 Å². The monoisotopic (exact) mass is 907 g/mol. The molecule has 356 valence electrons. The Kier molecular flexibility index (Phi) is 40.7. The molecule has 1 unspecified atom stereocenters. The van der Waals surface area contributed by atoms with E-state index in [1.54, 1.807) is 0 Å². The van der Waals surface area contributed by atoms with E-state index in [9.17, 15) is 28.7 Å². The molecule has 13 nitrogen and oxygen atoms in total. The van der Waals surface area contributed by atoms with Gasteiger partial charge in [0, 0.05) is 12.8 Å². The lowest BCUT2D eigenvalue weighted by Gasteiger charge is -2.20. The highest BCUT2D eigenvalue weighted by atomic mass is 31.2. The van der Waals surface area contributed by atoms with Crippen LogP contribution in [0.4, 0.5) is 0 Å². The molecule has 0 aliphatic heterocycles. The lowest BCUT2D eigenvalue weighted by Crippen LogP contribution is -2.30. The number of aliphatic hydroxyl groups excluding tert-OH is 1. The van der Waals surface area contributed by atoms with E-state index in [0.29, 0.717) is 12.8 Å². The lowest BCUT2D eigenvalue weighted by atomic mass is 10.0. The van der Waals surface area contributed by atoms with E-state index in [-0.39, 0.29) is 12.8 Å². The minimum absolute atomic E-state index is 0.0945. The van der Waals surface area contributed by atoms with Crippen LogP contribution in [0, 0.1) is 0 Å². The second-order valence-electron chi connectivity index (χ2n) is 15.7. The number of hydrogen-bond donors (Lipinski definition) is 4. The summed E-state index contributed by atoms with van der Waals surface area (Å²) in [5.41, 5.74) is 0. The average Bonchev–Trinajstić information content (AvgIpc) is 3.22. The highest BCUT2D eigenvalue weighted by Gasteiger charge is 2.28. The zero-order valence-corrected chi connectivity index (χ0v) is 39.5. The Morgan fingerprint density at radius 3 is 1.34 bits per heavy atom. The van der Waals surface area contributed by atoms with Gasteiger partial charge in [-0.1, -0.05) is 172 Å². The SMILES string of the molecule is CCCCC/C=C\C/C=C\C/C=C\C/C=C\CCCCCC(=O)O[C@H](COC(=O)CCCCCCCCCCCCCCCCC)COP(=O)(O)OC[C@@H](O)COP(=O)(O)O. The molecular formula is C46H84O13P2. The molecular weight excluding hydrogens is 822 g/mol. The number of rotatable bonds is 44. The Hall–Kier alpha value is -1.92. The van der Waals surface area contributed by atoms with Crippen molar-refractivity contribution < 1.29 is 61.6 Å². The number of allylic oxidation sites excluding steroid dienone is 8. The molecule has 0 heterocycles. The summed E-state index contributed by atoms with van der Waals surface area (Å²) in [6.07, 6.45) is 43.8. The van der Waals surface area contributed by atoms with Crippen molar-refractivity contribution in [1.29, 1.82) is 0 Å². The van der Waals surface area contributed by atoms with Crippen molar-refractivity contribution in [3.63, 3.8) is 0 Å². The Labute approximate surface area is 369 Å². The van der Waals surface area contributed by atoms with Gasteiger partial charge in [0.05, 0.1) is 19.8 Å². The fraction of sp³-hybridized carbons (Fsp3) is 0.783. The molecule has 0 rings (SSSR count). The van der Waals surface area contributed by atoms with Crippen molar-refractivity contribution in [2.24, 2.45) is 0 Å². The molecule has 0 saturated carbocycles. The van der Waals surface area contributed by atoms with Crippen LogP contribution in [0.3, 0.4) is 0 Å². The minimum atomic E-state index is -4.87. The van der Waals surface area contributed by atoms with E-state index in [2.05, 4.69) is 67.0 Å². The molecule has 0 spiro atoms. The normalized spacial score (nSPS) is 14.4. The highest BCUT2D eigenvalue weighted by Crippen LogP contribution is 2.43. The first-order chi connectivity index (χ1) is 29.4. The van der Waals surface area contributed by atoms with E-state index >= 15 is 0 Å². The zero-order valence-electron chi connectivity index (χ0n) is 37.8. The minimum Gasteiger partial charge on any atom is -0.462 e. The van der Waals surface area contributed by atoms with Gasteiger partial charge in [0.25, 0.3) is 0 Å². The molecule has 0 aromatic heterocycles. The second kappa shape index (κ2) is 42.1. The Bertz CT molecular complexity index is 1260. The standard InChI is InChI=1S/C46H84O13P2/c1-3-5-7-9-11-13-15-17-19-20-21-22-24-26-28-30-32-34-36-38-46(49)59-44(42-58-61(53,54)57-40-43(47)39-56-60(50,51)52)41-55-45(48)37-35-33-31-29-27-25-23-18-16-14-12-10-8-6-4-2/h11,13,17,19,21-22,26,28,43-44,47H,3-10,12,14-16,18,20,23-25,27,29-42H2,1-2H3,(H,53,54)(H2,50,51,52)/b13-11-,19-17-,22-21-,28-26-/t43-,44+/m0/s1. The summed E-state index contributed by atoms with van der Waals surface area (Å²) in [7, 11) is -9.68. The van der Waals surface area contributed by atoms with E-state index in [0.717, 1.165) is 64.2 Å². The van der Waals surface area contributed by atoms with Crippen molar-refractivity contribution >= 4 is 27.6 Å². The van der Waals surface area contributed by atoms with Crippen LogP contribution in [0.1, 0.15) is 194 Å². The van der Waals surface area contributed by atoms with Crippen LogP contribution in [0.5, 0.6) is 0 Å². The van der Waals surface area contributed by atoms with E-state index in [4.69, 9.17) is 28.3 Å². The lowest BCUT2D eigenvalue weighted by molar-refractivity contribution is -0.161. The predicted molar refractivity (Wildman–Crippen MR) is 244 cm³/mol. The van der Waals surface area contributed by atoms with Crippen molar-refractivity contribution in [1.82, 2.24) is 0 Å². The summed E-state index contributed by atoms with van der Waals surface area (Å²) in [4.78, 5) is 52.8. The summed E-state index contributed by atoms with van der Waals surface area (Å²) in [5, 5.41) is 9.76. The molecule has 0 radical (unpaired) electrons. The number of carbonyl (C=O) groups excluding carboxylic acids is 2. The number of hydrogen-bond acceptors (Lipinski definition) is 10. The van der Waals surface area contributed by atoms with Gasteiger partial charge in [0.1, 0.15) is 12.7 Å². The molecule has 0 bridgehead atoms. The summed E-state index contributed by atoms with van der Waals surface area (Å²) in [6.45, 7) is 1.72. The van der Waals surface area contributed by atoms with Crippen LogP contribution in [0.25, 0.3) is 0 Å². The first-order valence-electron chi connectivity index (χ1n) is 23.3. The van der Waals surface area contributed by atoms with E-state index in [1.807, 2.05) is 0 Å². The van der Waals surface area contributed by atoms with E-state index in [1.165, 1.54) is 89.9 Å². The quantitative estimate of drug-likeness (QED) is 0.0195. The molecule has 15 heteroatoms. The topological polar surface area (TPSA) is 195 Å². The number of unbranched alkanes of at least 4 members (excludes halogenated alkanes) is 20. The first kappa shape index (κ1) is 59.1. The summed E-state index contributed by atoms with van der Waals surface area (Å²) in [6, 6.07) is 0. The molecule has 0 aliphatic rings. The van der Waals surface area contributed by atoms with Crippen molar-refractivity contribution in [3.05, 3.63) is 48.6 Å². The smallest absolute Gasteiger partial charge is 0.462 e. The first-order valence-corrected chi connectivity index (χ1v) is 26.4. The fourth-order valence-electron chi connectivity index (χ4n) is 6.16. The van der Waals surface area contributed by atoms with Crippen molar-refractivity contribution in [2.45, 2.75) is 206 Å². The fourth-order valence-corrected chi connectivity index (χ4v) is 7.31. The molecule has 0 saturated heterocycles. The van der Waals surface area contributed by atoms with Crippen molar-refractivity contribution in [3.8, 4) is 0 Å². The summed E-state index contributed by atoms with van der Waals surface area (Å²) in [5.74, 6) is -1.06. The molecule has 61 heavy (non-hydrogen) atoms. The third-order valence-corrected chi connectivity index (χ3v) is 11.1. The molecule has 0 aromatic carbocycles. The second-order valence-corrected chi connectivity index (χ2v) is 18.4. The third-order valence-electron chi connectivity index (χ3n) is 9.71. The molecule has 4 N–H and O–H groups in total. The Morgan fingerprint density at radius 1 is 0.475 bits per heavy atom. The Morgan fingerprint density at radius 2 is 0.852 bits per heavy atom. The number of esters is 2. The molecule has 0 aromatic rings. The van der Waals surface area contributed by atoms with Crippen LogP contribution in [-0.2, 0) is 41.8 Å². The van der Waals surface area contributed by atoms with Crippen LogP contribution in [-0.4, -0.2) is 70.4 Å². The van der Waals surface area contributed by atoms with E-state index < -0.39 is 66.2 Å². The maximum Gasteiger partial charge on any atom is 0.472 e. The molecule has 3 atom stereocenters. The van der Waals surface area contributed by atoms with Gasteiger partial charge in [0.2, 0.25) is 0 Å². The number of phosphoric ester groups is 2. The third kappa shape index (κ3) is 45.9. The van der Waals surface area contributed by atoms with Gasteiger partial charge in [-0.05, 0) is 57.8 Å². The van der Waals surface area contributed by atoms with Crippen molar-refractivity contribution in [2.75, 3.05) is 26.4 Å². The number of ether oxygens (including phenoxy) is 2. The summed E-state index contributed by atoms with van der Waals surface area (Å²) < 4.78 is 47.8. The molecule has 0 amide bonds. The van der Waals surface area contributed by atoms with Crippen LogP contribution in [0.2, 0.25) is 0 Å². The van der Waals surface area contributed by atoms with Gasteiger partial charge >= 0.3 is 27.6 Å². The van der Waals surface area contributed by atoms with Crippen LogP contribution < -0.4 is 0 Å². The van der Waals surface area contributed by atoms with Gasteiger partial charge in [-0.15, -0.1) is 0 Å². The predicted octanol–water partition coefficient (Wildman–Crippen LogP) is 12.2. The van der Waals surface area contributed by atoms with Gasteiger partial charge in [-0.3, -0.25) is 23.2 Å². The number of phosphoric acid groups is 2. The number of aliphatic hydroxyl groups is 1. The summed E-state index contributed by atoms with van der Waals surface area (Å²) >= 11 is 0. The number of carbonyl (C=O) groups is 2. The highest BCUT2D eigenvalue weighted by molar-refractivity contribution is 7.47. The van der Waals surface area contributed by atoms with Gasteiger partial charge in [-0.25, -0.2) is 9.13 Å². The van der Waals surface area contributed by atoms with Gasteiger partial charge in [-0.2, -0.15) is 0 Å². The molecule has 0 fully saturated rings. The largest absolute Gasteiger partial charge is 0.472 e. The zero-order chi connectivity index (χ0) is 45.1. The maximum absolute atomic E-state index is 12.7.